The van der Waals surface area contributed by atoms with E-state index in [1.165, 1.54) is 24.4 Å². The third-order valence-corrected chi connectivity index (χ3v) is 6.94. The van der Waals surface area contributed by atoms with E-state index in [1.54, 1.807) is 0 Å². The molecule has 31 heavy (non-hydrogen) atoms. The first-order valence-electron chi connectivity index (χ1n) is 11.1. The third kappa shape index (κ3) is 4.78. The molecule has 164 valence electrons. The number of aryl methyl sites for hydroxylation is 2. The number of pyridine rings is 1. The van der Waals surface area contributed by atoms with Crippen molar-refractivity contribution in [2.45, 2.75) is 51.6 Å². The number of aromatic nitrogens is 4. The van der Waals surface area contributed by atoms with E-state index < -0.39 is 0 Å². The summed E-state index contributed by atoms with van der Waals surface area (Å²) in [5.41, 5.74) is 3.63. The molecular formula is C22H29N7OS. The molecule has 0 spiro atoms. The van der Waals surface area contributed by atoms with E-state index in [1.807, 2.05) is 32.0 Å². The van der Waals surface area contributed by atoms with Crippen molar-refractivity contribution in [1.29, 1.82) is 0 Å². The van der Waals surface area contributed by atoms with E-state index in [4.69, 9.17) is 14.7 Å². The van der Waals surface area contributed by atoms with Crippen molar-refractivity contribution in [3.8, 4) is 0 Å². The van der Waals surface area contributed by atoms with E-state index >= 15 is 0 Å². The molecule has 2 N–H and O–H groups in total. The molecule has 3 aromatic rings. The minimum Gasteiger partial charge on any atom is -0.379 e. The van der Waals surface area contributed by atoms with Crippen molar-refractivity contribution in [3.05, 3.63) is 29.6 Å². The summed E-state index contributed by atoms with van der Waals surface area (Å²) in [6, 6.07) is 7.09. The highest BCUT2D eigenvalue weighted by atomic mass is 32.1. The molecular weight excluding hydrogens is 410 g/mol. The van der Waals surface area contributed by atoms with E-state index in [9.17, 15) is 0 Å². The van der Waals surface area contributed by atoms with Gasteiger partial charge in [0.1, 0.15) is 10.5 Å². The van der Waals surface area contributed by atoms with Gasteiger partial charge < -0.3 is 15.4 Å². The van der Waals surface area contributed by atoms with Crippen LogP contribution < -0.4 is 10.6 Å². The molecule has 9 heteroatoms. The quantitative estimate of drug-likeness (QED) is 0.619. The topological polar surface area (TPSA) is 88.1 Å². The Morgan fingerprint density at radius 3 is 2.55 bits per heavy atom. The number of nitrogens with one attached hydrogen (secondary N) is 2. The van der Waals surface area contributed by atoms with Crippen LogP contribution in [0.4, 0.5) is 16.8 Å². The number of ether oxygens (including phenoxy) is 1. The Bertz CT molecular complexity index is 1040. The van der Waals surface area contributed by atoms with Crippen LogP contribution in [0.1, 0.15) is 37.1 Å². The van der Waals surface area contributed by atoms with Gasteiger partial charge in [-0.1, -0.05) is 0 Å². The van der Waals surface area contributed by atoms with E-state index in [0.717, 1.165) is 72.4 Å². The zero-order chi connectivity index (χ0) is 21.2. The highest BCUT2D eigenvalue weighted by Crippen LogP contribution is 2.29. The number of rotatable bonds is 5. The molecule has 0 aromatic carbocycles. The number of anilines is 3. The molecule has 1 saturated heterocycles. The molecule has 0 atom stereocenters. The van der Waals surface area contributed by atoms with Gasteiger partial charge in [0.2, 0.25) is 5.95 Å². The fraction of sp³-hybridized carbons (Fsp3) is 0.545. The summed E-state index contributed by atoms with van der Waals surface area (Å²) < 4.78 is 9.84. The average Bonchev–Trinajstić information content (AvgIpc) is 3.20. The van der Waals surface area contributed by atoms with Crippen molar-refractivity contribution in [2.24, 2.45) is 0 Å². The lowest BCUT2D eigenvalue weighted by molar-refractivity contribution is 0.00791. The van der Waals surface area contributed by atoms with Crippen LogP contribution in [0.3, 0.4) is 0 Å². The number of hydrogen-bond acceptors (Lipinski definition) is 9. The Kier molecular flexibility index (Phi) is 5.97. The minimum absolute atomic E-state index is 0.399. The van der Waals surface area contributed by atoms with Crippen LogP contribution in [-0.2, 0) is 4.74 Å². The van der Waals surface area contributed by atoms with Gasteiger partial charge in [0, 0.05) is 30.9 Å². The smallest absolute Gasteiger partial charge is 0.230 e. The van der Waals surface area contributed by atoms with Gasteiger partial charge in [0.05, 0.1) is 24.4 Å². The van der Waals surface area contributed by atoms with Crippen molar-refractivity contribution >= 4 is 39.3 Å². The largest absolute Gasteiger partial charge is 0.379 e. The third-order valence-electron chi connectivity index (χ3n) is 6.14. The highest BCUT2D eigenvalue weighted by Gasteiger charge is 2.27. The maximum atomic E-state index is 5.51. The maximum absolute atomic E-state index is 5.51. The fourth-order valence-corrected chi connectivity index (χ4v) is 5.18. The monoisotopic (exact) mass is 439 g/mol. The molecule has 4 heterocycles. The molecule has 2 fully saturated rings. The highest BCUT2D eigenvalue weighted by molar-refractivity contribution is 7.10. The molecule has 3 aromatic heterocycles. The van der Waals surface area contributed by atoms with Gasteiger partial charge in [0.25, 0.3) is 0 Å². The average molecular weight is 440 g/mol. The molecule has 1 aliphatic heterocycles. The predicted octanol–water partition coefficient (Wildman–Crippen LogP) is 3.90. The Morgan fingerprint density at radius 2 is 1.81 bits per heavy atom. The fourth-order valence-electron chi connectivity index (χ4n) is 4.52. The second-order valence-corrected chi connectivity index (χ2v) is 9.28. The summed E-state index contributed by atoms with van der Waals surface area (Å²) in [6.07, 6.45) is 4.68. The van der Waals surface area contributed by atoms with Crippen molar-refractivity contribution in [1.82, 2.24) is 24.2 Å². The molecule has 5 rings (SSSR count). The lowest BCUT2D eigenvalue weighted by Crippen LogP contribution is -2.46. The minimum atomic E-state index is 0.399. The normalized spacial score (nSPS) is 22.5. The van der Waals surface area contributed by atoms with Crippen molar-refractivity contribution in [2.75, 3.05) is 36.9 Å². The first-order valence-corrected chi connectivity index (χ1v) is 11.9. The van der Waals surface area contributed by atoms with Crippen LogP contribution >= 0.6 is 11.5 Å². The predicted molar refractivity (Wildman–Crippen MR) is 124 cm³/mol. The van der Waals surface area contributed by atoms with Crippen molar-refractivity contribution < 1.29 is 4.74 Å². The Balaban J connectivity index is 1.33. The van der Waals surface area contributed by atoms with Gasteiger partial charge in [-0.25, -0.2) is 9.97 Å². The van der Waals surface area contributed by atoms with Crippen LogP contribution in [0.25, 0.3) is 11.0 Å². The molecule has 8 nitrogen and oxygen atoms in total. The van der Waals surface area contributed by atoms with Crippen LogP contribution in [0.15, 0.2) is 18.2 Å². The second-order valence-electron chi connectivity index (χ2n) is 8.47. The van der Waals surface area contributed by atoms with E-state index in [2.05, 4.69) is 24.9 Å². The standard InChI is InChI=1S/C22H29N7OS/c1-14-3-8-18-20(23-14)21(27-22(25-18)26-19-13-15(2)28-31-19)24-16-4-6-17(7-5-16)29-9-11-30-12-10-29/h3,8,13,16-17H,4-7,9-12H2,1-2H3,(H2,24,25,26,27)/t16-,17-. The van der Waals surface area contributed by atoms with E-state index in [-0.39, 0.29) is 0 Å². The summed E-state index contributed by atoms with van der Waals surface area (Å²) >= 11 is 1.42. The maximum Gasteiger partial charge on any atom is 0.230 e. The van der Waals surface area contributed by atoms with Crippen LogP contribution in [0.2, 0.25) is 0 Å². The first kappa shape index (κ1) is 20.5. The Labute approximate surface area is 186 Å². The summed E-state index contributed by atoms with van der Waals surface area (Å²) in [5.74, 6) is 1.39. The molecule has 1 aliphatic carbocycles. The lowest BCUT2D eigenvalue weighted by atomic mass is 9.90. The van der Waals surface area contributed by atoms with Gasteiger partial charge in [-0.2, -0.15) is 9.36 Å². The molecule has 0 unspecified atom stereocenters. The summed E-state index contributed by atoms with van der Waals surface area (Å²) in [4.78, 5) is 16.8. The zero-order valence-electron chi connectivity index (χ0n) is 18.1. The summed E-state index contributed by atoms with van der Waals surface area (Å²) in [6.45, 7) is 7.85. The second kappa shape index (κ2) is 9.02. The molecule has 0 amide bonds. The van der Waals surface area contributed by atoms with E-state index in [0.29, 0.717) is 18.0 Å². The SMILES string of the molecule is Cc1cc(Nc2nc(N[C@H]3CC[C@H](N4CCOCC4)CC3)c3nc(C)ccc3n2)sn1. The number of fused-ring (bicyclic) bond motifs is 1. The first-order chi connectivity index (χ1) is 15.1. The molecule has 2 aliphatic rings. The number of nitrogens with zero attached hydrogens (tertiary/aromatic N) is 5. The zero-order valence-corrected chi connectivity index (χ0v) is 18.9. The molecule has 0 radical (unpaired) electrons. The Morgan fingerprint density at radius 1 is 1.00 bits per heavy atom. The summed E-state index contributed by atoms with van der Waals surface area (Å²) in [7, 11) is 0. The number of morpholine rings is 1. The van der Waals surface area contributed by atoms with Gasteiger partial charge >= 0.3 is 0 Å². The van der Waals surface area contributed by atoms with Gasteiger partial charge in [-0.15, -0.1) is 0 Å². The van der Waals surface area contributed by atoms with Crippen LogP contribution in [0, 0.1) is 13.8 Å². The van der Waals surface area contributed by atoms with Gasteiger partial charge in [-0.05, 0) is 69.3 Å². The molecule has 1 saturated carbocycles. The molecule has 0 bridgehead atoms. The lowest BCUT2D eigenvalue weighted by Gasteiger charge is -2.39. The number of hydrogen-bond donors (Lipinski definition) is 2. The van der Waals surface area contributed by atoms with Gasteiger partial charge in [0.15, 0.2) is 5.82 Å². The Hall–Kier alpha value is -2.36. The van der Waals surface area contributed by atoms with Crippen LogP contribution in [0.5, 0.6) is 0 Å². The van der Waals surface area contributed by atoms with Gasteiger partial charge in [-0.3, -0.25) is 4.90 Å². The van der Waals surface area contributed by atoms with Crippen molar-refractivity contribution in [3.63, 3.8) is 0 Å². The van der Waals surface area contributed by atoms with Crippen LogP contribution in [-0.4, -0.2) is 62.6 Å². The summed E-state index contributed by atoms with van der Waals surface area (Å²) in [5, 5.41) is 7.94.